The van der Waals surface area contributed by atoms with Gasteiger partial charge >= 0.3 is 11.9 Å². The van der Waals surface area contributed by atoms with Crippen molar-refractivity contribution in [1.29, 1.82) is 0 Å². The first kappa shape index (κ1) is 16.1. The minimum Gasteiger partial charge on any atom is -0.478 e. The molecule has 4 N–H and O–H groups in total. The van der Waals surface area contributed by atoms with Crippen LogP contribution in [0.15, 0.2) is 55.1 Å². The monoisotopic (exact) mass is 335 g/mol. The van der Waals surface area contributed by atoms with Gasteiger partial charge in [0.05, 0.1) is 11.1 Å². The molecule has 0 atom stereocenters. The van der Waals surface area contributed by atoms with Crippen molar-refractivity contribution < 1.29 is 19.8 Å². The van der Waals surface area contributed by atoms with Gasteiger partial charge in [0.1, 0.15) is 0 Å². The van der Waals surface area contributed by atoms with Crippen molar-refractivity contribution in [2.24, 2.45) is 0 Å². The number of benzene rings is 1. The number of anilines is 1. The van der Waals surface area contributed by atoms with E-state index < -0.39 is 11.9 Å². The second-order valence-electron chi connectivity index (χ2n) is 5.25. The van der Waals surface area contributed by atoms with E-state index in [1.165, 1.54) is 24.8 Å². The Morgan fingerprint density at radius 2 is 1.36 bits per heavy atom. The van der Waals surface area contributed by atoms with Crippen molar-refractivity contribution in [3.8, 4) is 22.3 Å². The van der Waals surface area contributed by atoms with Crippen molar-refractivity contribution in [3.05, 3.63) is 66.2 Å². The van der Waals surface area contributed by atoms with E-state index in [-0.39, 0.29) is 11.1 Å². The van der Waals surface area contributed by atoms with Gasteiger partial charge in [0.25, 0.3) is 0 Å². The summed E-state index contributed by atoms with van der Waals surface area (Å²) < 4.78 is 0. The lowest BCUT2D eigenvalue weighted by Gasteiger charge is -2.12. The topological polar surface area (TPSA) is 126 Å². The molecule has 2 heterocycles. The summed E-state index contributed by atoms with van der Waals surface area (Å²) in [6.45, 7) is 0. The van der Waals surface area contributed by atoms with Gasteiger partial charge in [0, 0.05) is 41.6 Å². The standard InChI is InChI=1S/C18H13N3O4/c19-16-2-1-10(11-3-5-20-8-14(11)17(22)23)7-13(16)12-4-6-21-9-15(12)18(24)25/h1-9H,19H2,(H,22,23)(H,24,25). The van der Waals surface area contributed by atoms with Crippen LogP contribution in [0.1, 0.15) is 20.7 Å². The summed E-state index contributed by atoms with van der Waals surface area (Å²) in [7, 11) is 0. The smallest absolute Gasteiger partial charge is 0.337 e. The molecule has 0 saturated heterocycles. The van der Waals surface area contributed by atoms with E-state index in [1.54, 1.807) is 30.3 Å². The van der Waals surface area contributed by atoms with Crippen molar-refractivity contribution in [2.45, 2.75) is 0 Å². The highest BCUT2D eigenvalue weighted by Gasteiger charge is 2.17. The van der Waals surface area contributed by atoms with Crippen LogP contribution in [0, 0.1) is 0 Å². The highest BCUT2D eigenvalue weighted by atomic mass is 16.4. The molecule has 7 heteroatoms. The normalized spacial score (nSPS) is 10.4. The Hall–Kier alpha value is -3.74. The largest absolute Gasteiger partial charge is 0.478 e. The molecule has 25 heavy (non-hydrogen) atoms. The zero-order valence-electron chi connectivity index (χ0n) is 12.9. The van der Waals surface area contributed by atoms with Crippen LogP contribution < -0.4 is 5.73 Å². The molecule has 0 fully saturated rings. The average molecular weight is 335 g/mol. The van der Waals surface area contributed by atoms with Crippen LogP contribution in [0.5, 0.6) is 0 Å². The molecule has 0 aliphatic rings. The SMILES string of the molecule is Nc1ccc(-c2ccncc2C(=O)O)cc1-c1ccncc1C(=O)O. The van der Waals surface area contributed by atoms with Crippen LogP contribution in [0.25, 0.3) is 22.3 Å². The first-order chi connectivity index (χ1) is 12.0. The summed E-state index contributed by atoms with van der Waals surface area (Å²) in [6.07, 6.45) is 5.48. The van der Waals surface area contributed by atoms with Crippen molar-refractivity contribution in [1.82, 2.24) is 9.97 Å². The summed E-state index contributed by atoms with van der Waals surface area (Å²) in [5.41, 5.74) is 8.43. The first-order valence-corrected chi connectivity index (χ1v) is 7.24. The van der Waals surface area contributed by atoms with Crippen LogP contribution in [-0.4, -0.2) is 32.1 Å². The molecule has 3 aromatic rings. The molecule has 0 unspecified atom stereocenters. The Kier molecular flexibility index (Phi) is 4.13. The van der Waals surface area contributed by atoms with Gasteiger partial charge in [-0.2, -0.15) is 0 Å². The number of aromatic nitrogens is 2. The fraction of sp³-hybridized carbons (Fsp3) is 0. The van der Waals surface area contributed by atoms with Gasteiger partial charge < -0.3 is 15.9 Å². The van der Waals surface area contributed by atoms with Crippen LogP contribution >= 0.6 is 0 Å². The number of hydrogen-bond acceptors (Lipinski definition) is 5. The molecule has 3 rings (SSSR count). The van der Waals surface area contributed by atoms with Crippen molar-refractivity contribution in [3.63, 3.8) is 0 Å². The van der Waals surface area contributed by atoms with E-state index in [0.29, 0.717) is 27.9 Å². The van der Waals surface area contributed by atoms with Crippen LogP contribution in [-0.2, 0) is 0 Å². The van der Waals surface area contributed by atoms with E-state index in [4.69, 9.17) is 5.73 Å². The number of nitrogens with zero attached hydrogens (tertiary/aromatic N) is 2. The molecule has 0 aliphatic heterocycles. The Bertz CT molecular complexity index is 986. The van der Waals surface area contributed by atoms with E-state index in [0.717, 1.165) is 0 Å². The third-order valence-electron chi connectivity index (χ3n) is 3.76. The average Bonchev–Trinajstić information content (AvgIpc) is 2.62. The molecule has 124 valence electrons. The van der Waals surface area contributed by atoms with Gasteiger partial charge in [-0.15, -0.1) is 0 Å². The van der Waals surface area contributed by atoms with Crippen molar-refractivity contribution in [2.75, 3.05) is 5.73 Å². The molecule has 0 aliphatic carbocycles. The number of rotatable bonds is 4. The number of carbonyl (C=O) groups is 2. The minimum atomic E-state index is -1.12. The van der Waals surface area contributed by atoms with E-state index in [2.05, 4.69) is 9.97 Å². The quantitative estimate of drug-likeness (QED) is 0.626. The van der Waals surface area contributed by atoms with Gasteiger partial charge in [0.15, 0.2) is 0 Å². The highest BCUT2D eigenvalue weighted by Crippen LogP contribution is 2.34. The highest BCUT2D eigenvalue weighted by molar-refractivity contribution is 6.00. The number of carboxylic acids is 2. The lowest BCUT2D eigenvalue weighted by atomic mass is 9.94. The second-order valence-corrected chi connectivity index (χ2v) is 5.25. The lowest BCUT2D eigenvalue weighted by Crippen LogP contribution is -2.03. The summed E-state index contributed by atoms with van der Waals surface area (Å²) in [4.78, 5) is 30.5. The number of carboxylic acid groups (broad SMARTS) is 2. The Balaban J connectivity index is 2.22. The van der Waals surface area contributed by atoms with Gasteiger partial charge in [-0.25, -0.2) is 9.59 Å². The number of nitrogens with two attached hydrogens (primary N) is 1. The maximum absolute atomic E-state index is 11.4. The lowest BCUT2D eigenvalue weighted by molar-refractivity contribution is 0.0686. The van der Waals surface area contributed by atoms with E-state index >= 15 is 0 Å². The summed E-state index contributed by atoms with van der Waals surface area (Å²) in [5, 5.41) is 18.7. The van der Waals surface area contributed by atoms with Gasteiger partial charge in [-0.3, -0.25) is 9.97 Å². The zero-order valence-corrected chi connectivity index (χ0v) is 12.9. The molecular formula is C18H13N3O4. The maximum Gasteiger partial charge on any atom is 0.337 e. The van der Waals surface area contributed by atoms with Crippen LogP contribution in [0.2, 0.25) is 0 Å². The third-order valence-corrected chi connectivity index (χ3v) is 3.76. The molecule has 2 aromatic heterocycles. The molecule has 7 nitrogen and oxygen atoms in total. The molecular weight excluding hydrogens is 322 g/mol. The second kappa shape index (κ2) is 6.40. The number of aromatic carboxylic acids is 2. The minimum absolute atomic E-state index is 0.0135. The number of hydrogen-bond donors (Lipinski definition) is 3. The first-order valence-electron chi connectivity index (χ1n) is 7.24. The Labute approximate surface area is 142 Å². The summed E-state index contributed by atoms with van der Waals surface area (Å²) >= 11 is 0. The molecule has 0 radical (unpaired) electrons. The zero-order chi connectivity index (χ0) is 18.0. The van der Waals surface area contributed by atoms with Crippen LogP contribution in [0.4, 0.5) is 5.69 Å². The van der Waals surface area contributed by atoms with Gasteiger partial charge in [0.2, 0.25) is 0 Å². The Morgan fingerprint density at radius 3 is 1.96 bits per heavy atom. The Morgan fingerprint density at radius 1 is 0.800 bits per heavy atom. The van der Waals surface area contributed by atoms with Crippen molar-refractivity contribution >= 4 is 17.6 Å². The predicted octanol–water partition coefficient (Wildman–Crippen LogP) is 2.79. The van der Waals surface area contributed by atoms with E-state index in [1.807, 2.05) is 0 Å². The van der Waals surface area contributed by atoms with Gasteiger partial charge in [-0.05, 0) is 35.4 Å². The molecule has 0 saturated carbocycles. The fourth-order valence-electron chi connectivity index (χ4n) is 2.57. The number of pyridine rings is 2. The van der Waals surface area contributed by atoms with Gasteiger partial charge in [-0.1, -0.05) is 6.07 Å². The maximum atomic E-state index is 11.4. The molecule has 0 bridgehead atoms. The fourth-order valence-corrected chi connectivity index (χ4v) is 2.57. The van der Waals surface area contributed by atoms with E-state index in [9.17, 15) is 19.8 Å². The third kappa shape index (κ3) is 3.02. The molecule has 0 spiro atoms. The molecule has 0 amide bonds. The number of nitrogen functional groups attached to an aromatic ring is 1. The summed E-state index contributed by atoms with van der Waals surface area (Å²) in [5.74, 6) is -2.22. The summed E-state index contributed by atoms with van der Waals surface area (Å²) in [6, 6.07) is 8.11. The molecule has 1 aromatic carbocycles. The predicted molar refractivity (Wildman–Crippen MR) is 91.2 cm³/mol. The van der Waals surface area contributed by atoms with Crippen LogP contribution in [0.3, 0.4) is 0 Å².